The van der Waals surface area contributed by atoms with Crippen LogP contribution in [0.15, 0.2) is 0 Å². The molecule has 4 unspecified atom stereocenters. The predicted octanol–water partition coefficient (Wildman–Crippen LogP) is 0.877. The molecule has 1 heterocycles. The zero-order valence-corrected chi connectivity index (χ0v) is 10.4. The number of hydrogen-bond donors (Lipinski definition) is 1. The van der Waals surface area contributed by atoms with Crippen molar-refractivity contribution in [3.63, 3.8) is 0 Å². The first kappa shape index (κ1) is 12.0. The normalized spacial score (nSPS) is 39.0. The van der Waals surface area contributed by atoms with Gasteiger partial charge in [-0.25, -0.2) is 0 Å². The van der Waals surface area contributed by atoms with Crippen LogP contribution in [0.4, 0.5) is 0 Å². The van der Waals surface area contributed by atoms with Crippen LogP contribution in [0.25, 0.3) is 0 Å². The van der Waals surface area contributed by atoms with Gasteiger partial charge in [-0.1, -0.05) is 12.8 Å². The van der Waals surface area contributed by atoms with Crippen LogP contribution in [0.2, 0.25) is 0 Å². The molecule has 3 fully saturated rings. The fourth-order valence-corrected chi connectivity index (χ4v) is 3.32. The second-order valence-electron chi connectivity index (χ2n) is 5.58. The van der Waals surface area contributed by atoms with Crippen LogP contribution in [0.5, 0.6) is 0 Å². The van der Waals surface area contributed by atoms with Crippen molar-refractivity contribution >= 4 is 11.9 Å². The highest BCUT2D eigenvalue weighted by molar-refractivity contribution is 5.89. The van der Waals surface area contributed by atoms with Crippen LogP contribution in [-0.4, -0.2) is 47.2 Å². The first-order chi connectivity index (χ1) is 8.68. The molecule has 3 aliphatic rings. The maximum absolute atomic E-state index is 12.3. The number of morpholine rings is 1. The van der Waals surface area contributed by atoms with E-state index in [-0.39, 0.29) is 24.0 Å². The summed E-state index contributed by atoms with van der Waals surface area (Å²) in [5, 5.41) is 8.91. The molecule has 3 rings (SSSR count). The Hall–Kier alpha value is -1.10. The van der Waals surface area contributed by atoms with Crippen molar-refractivity contribution in [3.8, 4) is 0 Å². The number of amides is 1. The Labute approximate surface area is 106 Å². The van der Waals surface area contributed by atoms with Crippen LogP contribution < -0.4 is 0 Å². The van der Waals surface area contributed by atoms with Gasteiger partial charge in [0.1, 0.15) is 0 Å². The Kier molecular flexibility index (Phi) is 3.01. The Morgan fingerprint density at radius 3 is 2.67 bits per heavy atom. The van der Waals surface area contributed by atoms with Gasteiger partial charge in [-0.3, -0.25) is 9.59 Å². The molecule has 0 radical (unpaired) electrons. The third-order valence-corrected chi connectivity index (χ3v) is 4.44. The molecule has 100 valence electrons. The minimum absolute atomic E-state index is 0.0441. The lowest BCUT2D eigenvalue weighted by Gasteiger charge is -2.44. The first-order valence-electron chi connectivity index (χ1n) is 6.83. The fraction of sp³-hybridized carbons (Fsp3) is 0.846. The fourth-order valence-electron chi connectivity index (χ4n) is 3.32. The Morgan fingerprint density at radius 1 is 1.17 bits per heavy atom. The monoisotopic (exact) mass is 253 g/mol. The van der Waals surface area contributed by atoms with Gasteiger partial charge in [-0.05, 0) is 19.3 Å². The van der Waals surface area contributed by atoms with E-state index in [1.165, 1.54) is 6.42 Å². The minimum Gasteiger partial charge on any atom is -0.481 e. The summed E-state index contributed by atoms with van der Waals surface area (Å²) < 4.78 is 5.73. The van der Waals surface area contributed by atoms with E-state index in [1.54, 1.807) is 0 Å². The highest BCUT2D eigenvalue weighted by Crippen LogP contribution is 2.41. The SMILES string of the molecule is O=C(O)C1CC1C(=O)N1CCOC2CCCCC21. The summed E-state index contributed by atoms with van der Waals surface area (Å²) in [6, 6.07) is 0.190. The molecular weight excluding hydrogens is 234 g/mol. The largest absolute Gasteiger partial charge is 0.481 e. The van der Waals surface area contributed by atoms with Crippen LogP contribution in [0, 0.1) is 11.8 Å². The van der Waals surface area contributed by atoms with E-state index >= 15 is 0 Å². The topological polar surface area (TPSA) is 66.8 Å². The highest BCUT2D eigenvalue weighted by atomic mass is 16.5. The number of ether oxygens (including phenoxy) is 1. The summed E-state index contributed by atoms with van der Waals surface area (Å²) in [4.78, 5) is 25.1. The first-order valence-corrected chi connectivity index (χ1v) is 6.83. The van der Waals surface area contributed by atoms with E-state index in [0.29, 0.717) is 19.6 Å². The summed E-state index contributed by atoms with van der Waals surface area (Å²) in [5.41, 5.74) is 0. The Bertz CT molecular complexity index is 368. The molecule has 1 aliphatic heterocycles. The van der Waals surface area contributed by atoms with Crippen LogP contribution in [0.1, 0.15) is 32.1 Å². The molecule has 1 saturated heterocycles. The number of nitrogens with zero attached hydrogens (tertiary/aromatic N) is 1. The van der Waals surface area contributed by atoms with Gasteiger partial charge in [-0.2, -0.15) is 0 Å². The lowest BCUT2D eigenvalue weighted by Crippen LogP contribution is -2.55. The lowest BCUT2D eigenvalue weighted by atomic mass is 9.90. The molecule has 0 aromatic heterocycles. The molecule has 2 saturated carbocycles. The lowest BCUT2D eigenvalue weighted by molar-refractivity contribution is -0.153. The number of aliphatic carboxylic acids is 1. The summed E-state index contributed by atoms with van der Waals surface area (Å²) >= 11 is 0. The van der Waals surface area contributed by atoms with E-state index in [2.05, 4.69) is 0 Å². The van der Waals surface area contributed by atoms with Gasteiger partial charge >= 0.3 is 5.97 Å². The second kappa shape index (κ2) is 4.53. The number of hydrogen-bond acceptors (Lipinski definition) is 3. The zero-order chi connectivity index (χ0) is 12.7. The molecule has 4 atom stereocenters. The van der Waals surface area contributed by atoms with Gasteiger partial charge in [-0.15, -0.1) is 0 Å². The van der Waals surface area contributed by atoms with Crippen molar-refractivity contribution in [1.29, 1.82) is 0 Å². The predicted molar refractivity (Wildman–Crippen MR) is 62.9 cm³/mol. The van der Waals surface area contributed by atoms with Crippen molar-refractivity contribution in [2.75, 3.05) is 13.2 Å². The van der Waals surface area contributed by atoms with Crippen LogP contribution in [0.3, 0.4) is 0 Å². The van der Waals surface area contributed by atoms with E-state index in [1.807, 2.05) is 4.90 Å². The average Bonchev–Trinajstić information content (AvgIpc) is 3.17. The maximum atomic E-state index is 12.3. The van der Waals surface area contributed by atoms with Crippen LogP contribution in [-0.2, 0) is 14.3 Å². The summed E-state index contributed by atoms with van der Waals surface area (Å²) in [6.07, 6.45) is 5.04. The average molecular weight is 253 g/mol. The van der Waals surface area contributed by atoms with E-state index in [9.17, 15) is 9.59 Å². The summed E-state index contributed by atoms with van der Waals surface area (Å²) in [7, 11) is 0. The molecule has 1 N–H and O–H groups in total. The smallest absolute Gasteiger partial charge is 0.307 e. The number of carbonyl (C=O) groups is 2. The molecule has 5 nitrogen and oxygen atoms in total. The van der Waals surface area contributed by atoms with E-state index in [0.717, 1.165) is 19.3 Å². The quantitative estimate of drug-likeness (QED) is 0.793. The minimum atomic E-state index is -0.832. The van der Waals surface area contributed by atoms with Gasteiger partial charge in [0.05, 0.1) is 30.6 Å². The standard InChI is InChI=1S/C13H19NO4/c15-12(8-7-9(8)13(16)17)14-5-6-18-11-4-2-1-3-10(11)14/h8-11H,1-7H2,(H,16,17). The van der Waals surface area contributed by atoms with Gasteiger partial charge in [0.2, 0.25) is 5.91 Å². The Morgan fingerprint density at radius 2 is 1.94 bits per heavy atom. The third-order valence-electron chi connectivity index (χ3n) is 4.44. The second-order valence-corrected chi connectivity index (χ2v) is 5.58. The number of carboxylic acids is 1. The van der Waals surface area contributed by atoms with Crippen molar-refractivity contribution in [3.05, 3.63) is 0 Å². The highest BCUT2D eigenvalue weighted by Gasteiger charge is 2.51. The molecular formula is C13H19NO4. The zero-order valence-electron chi connectivity index (χ0n) is 10.4. The third kappa shape index (κ3) is 2.00. The summed E-state index contributed by atoms with van der Waals surface area (Å²) in [5.74, 6) is -1.50. The van der Waals surface area contributed by atoms with Crippen molar-refractivity contribution < 1.29 is 19.4 Å². The molecule has 0 bridgehead atoms. The van der Waals surface area contributed by atoms with E-state index < -0.39 is 11.9 Å². The van der Waals surface area contributed by atoms with Crippen LogP contribution >= 0.6 is 0 Å². The molecule has 0 aromatic carbocycles. The molecule has 18 heavy (non-hydrogen) atoms. The van der Waals surface area contributed by atoms with E-state index in [4.69, 9.17) is 9.84 Å². The number of carbonyl (C=O) groups excluding carboxylic acids is 1. The maximum Gasteiger partial charge on any atom is 0.307 e. The van der Waals surface area contributed by atoms with Gasteiger partial charge in [0.15, 0.2) is 0 Å². The summed E-state index contributed by atoms with van der Waals surface area (Å²) in [6.45, 7) is 1.22. The number of carboxylic acid groups (broad SMARTS) is 1. The Balaban J connectivity index is 1.67. The number of fused-ring (bicyclic) bond motifs is 1. The van der Waals surface area contributed by atoms with Gasteiger partial charge in [0, 0.05) is 6.54 Å². The van der Waals surface area contributed by atoms with Crippen molar-refractivity contribution in [2.45, 2.75) is 44.2 Å². The number of rotatable bonds is 2. The molecule has 0 aromatic rings. The molecule has 0 spiro atoms. The van der Waals surface area contributed by atoms with Gasteiger partial charge < -0.3 is 14.7 Å². The molecule has 1 amide bonds. The van der Waals surface area contributed by atoms with Crippen molar-refractivity contribution in [2.24, 2.45) is 11.8 Å². The molecule has 2 aliphatic carbocycles. The molecule has 5 heteroatoms. The van der Waals surface area contributed by atoms with Gasteiger partial charge in [0.25, 0.3) is 0 Å². The van der Waals surface area contributed by atoms with Crippen molar-refractivity contribution in [1.82, 2.24) is 4.90 Å².